The molecule has 23 heavy (non-hydrogen) atoms. The zero-order valence-electron chi connectivity index (χ0n) is 12.9. The SMILES string of the molecule is COc1ccc2c(Cl)c(C(=O)N(C)Cc3ccccc3)sc2c1. The molecule has 0 N–H and O–H groups in total. The highest BCUT2D eigenvalue weighted by molar-refractivity contribution is 7.21. The van der Waals surface area contributed by atoms with Gasteiger partial charge in [-0.15, -0.1) is 11.3 Å². The molecule has 0 aliphatic heterocycles. The Hall–Kier alpha value is -2.04. The molecule has 0 saturated carbocycles. The number of ether oxygens (including phenoxy) is 1. The second-order valence-electron chi connectivity index (χ2n) is 5.25. The fraction of sp³-hybridized carbons (Fsp3) is 0.167. The number of thiophene rings is 1. The van der Waals surface area contributed by atoms with Gasteiger partial charge in [0.1, 0.15) is 10.6 Å². The highest BCUT2D eigenvalue weighted by atomic mass is 35.5. The van der Waals surface area contributed by atoms with Gasteiger partial charge in [-0.3, -0.25) is 4.79 Å². The van der Waals surface area contributed by atoms with Crippen LogP contribution in [-0.4, -0.2) is 25.0 Å². The third kappa shape index (κ3) is 3.19. The van der Waals surface area contributed by atoms with E-state index in [4.69, 9.17) is 16.3 Å². The highest BCUT2D eigenvalue weighted by Crippen LogP contribution is 2.37. The third-order valence-electron chi connectivity index (χ3n) is 3.64. The first-order chi connectivity index (χ1) is 11.1. The van der Waals surface area contributed by atoms with Crippen LogP contribution in [0.2, 0.25) is 5.02 Å². The number of amides is 1. The quantitative estimate of drug-likeness (QED) is 0.677. The standard InChI is InChI=1S/C18H16ClNO2S/c1-20(11-12-6-4-3-5-7-12)18(21)17-16(19)14-9-8-13(22-2)10-15(14)23-17/h3-10H,11H2,1-2H3. The van der Waals surface area contributed by atoms with Gasteiger partial charge in [-0.25, -0.2) is 0 Å². The number of fused-ring (bicyclic) bond motifs is 1. The van der Waals surface area contributed by atoms with Crippen molar-refractivity contribution in [2.75, 3.05) is 14.2 Å². The van der Waals surface area contributed by atoms with Gasteiger partial charge in [0.05, 0.1) is 12.1 Å². The summed E-state index contributed by atoms with van der Waals surface area (Å²) in [5.74, 6) is 0.686. The first-order valence-corrected chi connectivity index (χ1v) is 8.35. The highest BCUT2D eigenvalue weighted by Gasteiger charge is 2.20. The van der Waals surface area contributed by atoms with Crippen LogP contribution in [0.3, 0.4) is 0 Å². The maximum absolute atomic E-state index is 12.7. The number of hydrogen-bond acceptors (Lipinski definition) is 3. The van der Waals surface area contributed by atoms with Crippen molar-refractivity contribution in [1.82, 2.24) is 4.90 Å². The molecule has 5 heteroatoms. The van der Waals surface area contributed by atoms with Gasteiger partial charge in [0.2, 0.25) is 0 Å². The van der Waals surface area contributed by atoms with Gasteiger partial charge in [0.25, 0.3) is 5.91 Å². The Bertz CT molecular complexity index is 845. The average Bonchev–Trinajstić information content (AvgIpc) is 2.91. The lowest BCUT2D eigenvalue weighted by Gasteiger charge is -2.16. The van der Waals surface area contributed by atoms with Crippen LogP contribution >= 0.6 is 22.9 Å². The van der Waals surface area contributed by atoms with Gasteiger partial charge < -0.3 is 9.64 Å². The Balaban J connectivity index is 1.89. The molecule has 0 radical (unpaired) electrons. The third-order valence-corrected chi connectivity index (χ3v) is 5.29. The van der Waals surface area contributed by atoms with Crippen LogP contribution in [0.15, 0.2) is 48.5 Å². The summed E-state index contributed by atoms with van der Waals surface area (Å²) >= 11 is 7.81. The number of halogens is 1. The van der Waals surface area contributed by atoms with E-state index >= 15 is 0 Å². The van der Waals surface area contributed by atoms with E-state index in [9.17, 15) is 4.79 Å². The summed E-state index contributed by atoms with van der Waals surface area (Å²) < 4.78 is 6.18. The molecule has 3 nitrogen and oxygen atoms in total. The smallest absolute Gasteiger partial charge is 0.265 e. The normalized spacial score (nSPS) is 10.7. The molecule has 0 bridgehead atoms. The Kier molecular flexibility index (Phi) is 4.55. The van der Waals surface area contributed by atoms with Crippen LogP contribution in [-0.2, 0) is 6.54 Å². The Labute approximate surface area is 144 Å². The lowest BCUT2D eigenvalue weighted by atomic mass is 10.2. The Morgan fingerprint density at radius 1 is 1.22 bits per heavy atom. The van der Waals surface area contributed by atoms with Crippen molar-refractivity contribution >= 4 is 38.9 Å². The van der Waals surface area contributed by atoms with Crippen molar-refractivity contribution in [3.63, 3.8) is 0 Å². The molecule has 1 aromatic heterocycles. The second-order valence-corrected chi connectivity index (χ2v) is 6.68. The van der Waals surface area contributed by atoms with E-state index in [-0.39, 0.29) is 5.91 Å². The van der Waals surface area contributed by atoms with Gasteiger partial charge >= 0.3 is 0 Å². The Morgan fingerprint density at radius 2 is 1.96 bits per heavy atom. The van der Waals surface area contributed by atoms with E-state index in [0.29, 0.717) is 16.4 Å². The average molecular weight is 346 g/mol. The molecule has 2 aromatic carbocycles. The van der Waals surface area contributed by atoms with E-state index in [1.165, 1.54) is 11.3 Å². The molecule has 3 rings (SSSR count). The molecule has 1 amide bonds. The number of carbonyl (C=O) groups is 1. The van der Waals surface area contributed by atoms with Gasteiger partial charge in [0.15, 0.2) is 0 Å². The molecule has 3 aromatic rings. The monoisotopic (exact) mass is 345 g/mol. The second kappa shape index (κ2) is 6.60. The number of benzene rings is 2. The predicted octanol–water partition coefficient (Wildman–Crippen LogP) is 4.84. The van der Waals surface area contributed by atoms with Gasteiger partial charge in [-0.1, -0.05) is 41.9 Å². The van der Waals surface area contributed by atoms with Gasteiger partial charge in [-0.2, -0.15) is 0 Å². The minimum atomic E-state index is -0.0704. The molecule has 0 aliphatic rings. The molecule has 0 fully saturated rings. The van der Waals surface area contributed by atoms with E-state index in [2.05, 4.69) is 0 Å². The first kappa shape index (κ1) is 15.8. The number of rotatable bonds is 4. The maximum Gasteiger partial charge on any atom is 0.265 e. The lowest BCUT2D eigenvalue weighted by Crippen LogP contribution is -2.25. The zero-order valence-corrected chi connectivity index (χ0v) is 14.4. The summed E-state index contributed by atoms with van der Waals surface area (Å²) in [6.07, 6.45) is 0. The van der Waals surface area contributed by atoms with Crippen LogP contribution in [0.1, 0.15) is 15.2 Å². The summed E-state index contributed by atoms with van der Waals surface area (Å²) in [6.45, 7) is 0.549. The van der Waals surface area contributed by atoms with Gasteiger partial charge in [-0.05, 0) is 23.8 Å². The number of hydrogen-bond donors (Lipinski definition) is 0. The fourth-order valence-corrected chi connectivity index (χ4v) is 3.95. The lowest BCUT2D eigenvalue weighted by molar-refractivity contribution is 0.0790. The molecule has 1 heterocycles. The summed E-state index contributed by atoms with van der Waals surface area (Å²) in [6, 6.07) is 15.5. The van der Waals surface area contributed by atoms with E-state index in [1.54, 1.807) is 19.1 Å². The Morgan fingerprint density at radius 3 is 2.65 bits per heavy atom. The summed E-state index contributed by atoms with van der Waals surface area (Å²) in [5.41, 5.74) is 1.09. The minimum absolute atomic E-state index is 0.0704. The van der Waals surface area contributed by atoms with Gasteiger partial charge in [0, 0.05) is 23.7 Å². The molecular weight excluding hydrogens is 330 g/mol. The molecule has 0 unspecified atom stereocenters. The molecule has 0 spiro atoms. The largest absolute Gasteiger partial charge is 0.497 e. The predicted molar refractivity (Wildman–Crippen MR) is 95.6 cm³/mol. The molecule has 118 valence electrons. The van der Waals surface area contributed by atoms with E-state index in [1.807, 2.05) is 48.5 Å². The summed E-state index contributed by atoms with van der Waals surface area (Å²) in [4.78, 5) is 15.0. The summed E-state index contributed by atoms with van der Waals surface area (Å²) in [7, 11) is 3.41. The maximum atomic E-state index is 12.7. The number of carbonyl (C=O) groups excluding carboxylic acids is 1. The number of nitrogens with zero attached hydrogens (tertiary/aromatic N) is 1. The van der Waals surface area contributed by atoms with Crippen molar-refractivity contribution in [1.29, 1.82) is 0 Å². The van der Waals surface area contributed by atoms with Crippen LogP contribution in [0.5, 0.6) is 5.75 Å². The van der Waals surface area contributed by atoms with Crippen molar-refractivity contribution in [2.45, 2.75) is 6.54 Å². The first-order valence-electron chi connectivity index (χ1n) is 7.15. The van der Waals surface area contributed by atoms with Crippen molar-refractivity contribution in [2.24, 2.45) is 0 Å². The number of methoxy groups -OCH3 is 1. The van der Waals surface area contributed by atoms with E-state index in [0.717, 1.165) is 21.4 Å². The van der Waals surface area contributed by atoms with Crippen LogP contribution in [0.4, 0.5) is 0 Å². The topological polar surface area (TPSA) is 29.5 Å². The van der Waals surface area contributed by atoms with Crippen LogP contribution in [0.25, 0.3) is 10.1 Å². The zero-order chi connectivity index (χ0) is 16.4. The fourth-order valence-electron chi connectivity index (χ4n) is 2.41. The van der Waals surface area contributed by atoms with Crippen LogP contribution in [0, 0.1) is 0 Å². The van der Waals surface area contributed by atoms with Crippen molar-refractivity contribution in [3.8, 4) is 5.75 Å². The summed E-state index contributed by atoms with van der Waals surface area (Å²) in [5, 5.41) is 1.39. The van der Waals surface area contributed by atoms with Crippen molar-refractivity contribution < 1.29 is 9.53 Å². The minimum Gasteiger partial charge on any atom is -0.497 e. The van der Waals surface area contributed by atoms with Crippen molar-refractivity contribution in [3.05, 3.63) is 64.0 Å². The molecule has 0 atom stereocenters. The van der Waals surface area contributed by atoms with Crippen LogP contribution < -0.4 is 4.74 Å². The molecular formula is C18H16ClNO2S. The van der Waals surface area contributed by atoms with E-state index < -0.39 is 0 Å². The molecule has 0 saturated heterocycles. The molecule has 0 aliphatic carbocycles.